The lowest BCUT2D eigenvalue weighted by Crippen LogP contribution is -2.39. The Bertz CT molecular complexity index is 837. The Kier molecular flexibility index (Phi) is 4.35. The maximum atomic E-state index is 12.5. The molecule has 3 N–H and O–H groups in total. The van der Waals surface area contributed by atoms with Crippen LogP contribution in [0.25, 0.3) is 20.1 Å². The quantitative estimate of drug-likeness (QED) is 0.744. The minimum absolute atomic E-state index is 0.0118. The van der Waals surface area contributed by atoms with Gasteiger partial charge in [-0.15, -0.1) is 22.7 Å². The van der Waals surface area contributed by atoms with E-state index in [1.807, 2.05) is 30.3 Å². The molecule has 4 nitrogen and oxygen atoms in total. The van der Waals surface area contributed by atoms with E-state index in [0.29, 0.717) is 12.5 Å². The van der Waals surface area contributed by atoms with Gasteiger partial charge in [-0.2, -0.15) is 0 Å². The third-order valence-corrected chi connectivity index (χ3v) is 6.90. The number of nitrogens with two attached hydrogens (primary N) is 1. The molecule has 2 heterocycles. The van der Waals surface area contributed by atoms with Crippen LogP contribution in [0.4, 0.5) is 0 Å². The van der Waals surface area contributed by atoms with Gasteiger partial charge in [-0.25, -0.2) is 4.98 Å². The largest absolute Gasteiger partial charge is 0.348 e. The lowest BCUT2D eigenvalue weighted by molar-refractivity contribution is 0.0933. The van der Waals surface area contributed by atoms with Crippen LogP contribution in [0.15, 0.2) is 36.4 Å². The summed E-state index contributed by atoms with van der Waals surface area (Å²) in [5.41, 5.74) is 6.81. The van der Waals surface area contributed by atoms with Crippen molar-refractivity contribution in [2.45, 2.75) is 25.3 Å². The molecule has 0 aliphatic heterocycles. The second-order valence-electron chi connectivity index (χ2n) is 6.16. The number of fused-ring (bicyclic) bond motifs is 1. The van der Waals surface area contributed by atoms with Crippen molar-refractivity contribution in [3.63, 3.8) is 0 Å². The summed E-state index contributed by atoms with van der Waals surface area (Å²) >= 11 is 3.17. The van der Waals surface area contributed by atoms with Crippen LogP contribution >= 0.6 is 22.7 Å². The molecule has 1 aromatic carbocycles. The van der Waals surface area contributed by atoms with E-state index in [1.165, 1.54) is 16.0 Å². The number of benzene rings is 1. The van der Waals surface area contributed by atoms with Gasteiger partial charge in [0, 0.05) is 6.04 Å². The Morgan fingerprint density at radius 2 is 2.08 bits per heavy atom. The summed E-state index contributed by atoms with van der Waals surface area (Å²) in [6.45, 7) is 0.645. The predicted octanol–water partition coefficient (Wildman–Crippen LogP) is 3.88. The second kappa shape index (κ2) is 6.63. The van der Waals surface area contributed by atoms with E-state index in [0.717, 1.165) is 39.5 Å². The Hall–Kier alpha value is -1.76. The molecule has 0 radical (unpaired) electrons. The number of amides is 1. The zero-order chi connectivity index (χ0) is 16.5. The topological polar surface area (TPSA) is 68.0 Å². The summed E-state index contributed by atoms with van der Waals surface area (Å²) in [5.74, 6) is 0.426. The summed E-state index contributed by atoms with van der Waals surface area (Å²) in [5, 5.41) is 4.14. The smallest absolute Gasteiger partial charge is 0.261 e. The maximum Gasteiger partial charge on any atom is 0.261 e. The van der Waals surface area contributed by atoms with E-state index in [1.54, 1.807) is 11.3 Å². The van der Waals surface area contributed by atoms with Crippen molar-refractivity contribution in [1.29, 1.82) is 0 Å². The number of thiophene rings is 1. The number of aromatic nitrogens is 1. The molecule has 2 aromatic heterocycles. The highest BCUT2D eigenvalue weighted by molar-refractivity contribution is 7.26. The average molecular weight is 358 g/mol. The fourth-order valence-corrected chi connectivity index (χ4v) is 5.23. The average Bonchev–Trinajstić information content (AvgIpc) is 3.32. The Morgan fingerprint density at radius 1 is 1.21 bits per heavy atom. The molecular formula is C18H19N3OS2. The van der Waals surface area contributed by atoms with Gasteiger partial charge in [-0.1, -0.05) is 18.6 Å². The normalized spacial score (nSPS) is 20.5. The Labute approximate surface area is 148 Å². The first-order valence-electron chi connectivity index (χ1n) is 8.21. The number of carbonyl (C=O) groups excluding carboxylic acids is 1. The summed E-state index contributed by atoms with van der Waals surface area (Å²) in [6, 6.07) is 12.2. The molecule has 0 bridgehead atoms. The van der Waals surface area contributed by atoms with E-state index in [2.05, 4.69) is 16.4 Å². The first kappa shape index (κ1) is 15.7. The molecule has 1 amide bonds. The third kappa shape index (κ3) is 2.97. The van der Waals surface area contributed by atoms with Gasteiger partial charge in [-0.05, 0) is 49.6 Å². The minimum atomic E-state index is 0.0118. The van der Waals surface area contributed by atoms with Crippen molar-refractivity contribution in [2.24, 2.45) is 11.7 Å². The molecule has 24 heavy (non-hydrogen) atoms. The third-order valence-electron chi connectivity index (χ3n) is 4.61. The van der Waals surface area contributed by atoms with Gasteiger partial charge in [0.15, 0.2) is 0 Å². The van der Waals surface area contributed by atoms with Crippen molar-refractivity contribution in [3.8, 4) is 9.88 Å². The van der Waals surface area contributed by atoms with Crippen LogP contribution in [0.3, 0.4) is 0 Å². The van der Waals surface area contributed by atoms with Crippen molar-refractivity contribution in [3.05, 3.63) is 41.3 Å². The van der Waals surface area contributed by atoms with E-state index < -0.39 is 0 Å². The fourth-order valence-electron chi connectivity index (χ4n) is 3.30. The van der Waals surface area contributed by atoms with Crippen molar-refractivity contribution in [2.75, 3.05) is 6.54 Å². The van der Waals surface area contributed by atoms with Crippen LogP contribution in [0.2, 0.25) is 0 Å². The Morgan fingerprint density at radius 3 is 2.92 bits per heavy atom. The fraction of sp³-hybridized carbons (Fsp3) is 0.333. The van der Waals surface area contributed by atoms with Crippen LogP contribution in [0, 0.1) is 5.92 Å². The first-order chi connectivity index (χ1) is 11.7. The van der Waals surface area contributed by atoms with Crippen LogP contribution in [0.5, 0.6) is 0 Å². The molecule has 3 aromatic rings. The minimum Gasteiger partial charge on any atom is -0.348 e. The van der Waals surface area contributed by atoms with E-state index >= 15 is 0 Å². The maximum absolute atomic E-state index is 12.5. The molecule has 6 heteroatoms. The molecule has 1 saturated carbocycles. The van der Waals surface area contributed by atoms with Crippen molar-refractivity contribution < 1.29 is 4.79 Å². The van der Waals surface area contributed by atoms with Gasteiger partial charge in [0.25, 0.3) is 5.91 Å². The molecule has 1 fully saturated rings. The molecule has 1 aliphatic rings. The van der Waals surface area contributed by atoms with Crippen LogP contribution in [-0.4, -0.2) is 23.5 Å². The van der Waals surface area contributed by atoms with Crippen molar-refractivity contribution in [1.82, 2.24) is 10.3 Å². The van der Waals surface area contributed by atoms with Crippen LogP contribution in [0.1, 0.15) is 28.9 Å². The van der Waals surface area contributed by atoms with E-state index in [4.69, 9.17) is 5.73 Å². The number of rotatable bonds is 4. The van der Waals surface area contributed by atoms with Gasteiger partial charge < -0.3 is 11.1 Å². The highest BCUT2D eigenvalue weighted by Crippen LogP contribution is 2.34. The van der Waals surface area contributed by atoms with Gasteiger partial charge >= 0.3 is 0 Å². The van der Waals surface area contributed by atoms with Gasteiger partial charge in [0.1, 0.15) is 5.01 Å². The molecule has 4 rings (SSSR count). The number of hydrogen-bond donors (Lipinski definition) is 2. The summed E-state index contributed by atoms with van der Waals surface area (Å²) in [6.07, 6.45) is 3.29. The van der Waals surface area contributed by atoms with Crippen molar-refractivity contribution >= 4 is 38.8 Å². The lowest BCUT2D eigenvalue weighted by Gasteiger charge is -2.18. The van der Waals surface area contributed by atoms with E-state index in [-0.39, 0.29) is 11.9 Å². The zero-order valence-electron chi connectivity index (χ0n) is 13.2. The molecule has 1 aliphatic carbocycles. The SMILES string of the molecule is NCC1CCCC1NC(=O)c1ccc(-c2nc3ccccc3s2)s1. The number of carbonyl (C=O) groups is 1. The number of para-hydroxylation sites is 1. The summed E-state index contributed by atoms with van der Waals surface area (Å²) < 4.78 is 1.17. The number of thiazole rings is 1. The highest BCUT2D eigenvalue weighted by Gasteiger charge is 2.28. The molecule has 124 valence electrons. The number of nitrogens with zero attached hydrogens (tertiary/aromatic N) is 1. The zero-order valence-corrected chi connectivity index (χ0v) is 14.8. The lowest BCUT2D eigenvalue weighted by atomic mass is 10.0. The molecular weight excluding hydrogens is 338 g/mol. The molecule has 2 atom stereocenters. The standard InChI is InChI=1S/C18H19N3OS2/c19-10-11-4-3-6-12(11)20-17(22)15-8-9-16(23-15)18-21-13-5-1-2-7-14(13)24-18/h1-2,5,7-9,11-12H,3-4,6,10,19H2,(H,20,22). The molecule has 0 spiro atoms. The van der Waals surface area contributed by atoms with Crippen LogP contribution in [-0.2, 0) is 0 Å². The monoisotopic (exact) mass is 357 g/mol. The second-order valence-corrected chi connectivity index (χ2v) is 8.27. The van der Waals surface area contributed by atoms with Gasteiger partial charge in [0.05, 0.1) is 20.0 Å². The highest BCUT2D eigenvalue weighted by atomic mass is 32.1. The van der Waals surface area contributed by atoms with Crippen LogP contribution < -0.4 is 11.1 Å². The molecule has 0 saturated heterocycles. The van der Waals surface area contributed by atoms with Gasteiger partial charge in [0.2, 0.25) is 0 Å². The Balaban J connectivity index is 1.52. The predicted molar refractivity (Wildman–Crippen MR) is 101 cm³/mol. The number of nitrogens with one attached hydrogen (secondary N) is 1. The molecule has 2 unspecified atom stereocenters. The first-order valence-corrected chi connectivity index (χ1v) is 9.84. The van der Waals surface area contributed by atoms with Gasteiger partial charge in [-0.3, -0.25) is 4.79 Å². The number of hydrogen-bond acceptors (Lipinski definition) is 5. The summed E-state index contributed by atoms with van der Waals surface area (Å²) in [4.78, 5) is 19.0. The van der Waals surface area contributed by atoms with E-state index in [9.17, 15) is 4.79 Å². The summed E-state index contributed by atoms with van der Waals surface area (Å²) in [7, 11) is 0.